The van der Waals surface area contributed by atoms with E-state index in [4.69, 9.17) is 10.00 Å². The Morgan fingerprint density at radius 2 is 2.00 bits per heavy atom. The second-order valence-corrected chi connectivity index (χ2v) is 5.98. The van der Waals surface area contributed by atoms with Crippen LogP contribution in [0, 0.1) is 11.3 Å². The Bertz CT molecular complexity index is 791. The van der Waals surface area contributed by atoms with Crippen molar-refractivity contribution in [3.8, 4) is 11.8 Å². The molecular formula is C17H15N3O2S. The van der Waals surface area contributed by atoms with E-state index in [2.05, 4.69) is 9.97 Å². The van der Waals surface area contributed by atoms with Crippen molar-refractivity contribution in [3.05, 3.63) is 54.1 Å². The van der Waals surface area contributed by atoms with E-state index in [-0.39, 0.29) is 6.61 Å². The minimum atomic E-state index is -0.608. The van der Waals surface area contributed by atoms with Crippen molar-refractivity contribution in [3.63, 3.8) is 0 Å². The Hall–Kier alpha value is -2.49. The number of nitrogens with one attached hydrogen (secondary N) is 1. The number of hydrogen-bond donors (Lipinski definition) is 2. The van der Waals surface area contributed by atoms with Gasteiger partial charge in [0.05, 0.1) is 28.8 Å². The summed E-state index contributed by atoms with van der Waals surface area (Å²) < 4.78 is 5.51. The van der Waals surface area contributed by atoms with Gasteiger partial charge in [-0.3, -0.25) is 0 Å². The molecule has 6 heteroatoms. The number of H-pyrrole nitrogens is 1. The number of thioether (sulfide) groups is 1. The summed E-state index contributed by atoms with van der Waals surface area (Å²) in [6.45, 7) is 0.194. The number of ether oxygens (including phenoxy) is 1. The van der Waals surface area contributed by atoms with E-state index >= 15 is 0 Å². The second-order valence-electron chi connectivity index (χ2n) is 4.97. The van der Waals surface area contributed by atoms with E-state index in [0.717, 1.165) is 16.2 Å². The molecule has 3 aromatic rings. The van der Waals surface area contributed by atoms with Gasteiger partial charge in [-0.1, -0.05) is 23.9 Å². The molecule has 1 unspecified atom stereocenters. The Morgan fingerprint density at radius 3 is 2.74 bits per heavy atom. The van der Waals surface area contributed by atoms with Gasteiger partial charge >= 0.3 is 0 Å². The van der Waals surface area contributed by atoms with Crippen molar-refractivity contribution in [2.24, 2.45) is 0 Å². The molecule has 116 valence electrons. The van der Waals surface area contributed by atoms with Crippen molar-refractivity contribution in [2.45, 2.75) is 11.3 Å². The van der Waals surface area contributed by atoms with Gasteiger partial charge in [0.25, 0.3) is 0 Å². The Labute approximate surface area is 137 Å². The van der Waals surface area contributed by atoms with E-state index < -0.39 is 6.10 Å². The van der Waals surface area contributed by atoms with Crippen LogP contribution in [0.15, 0.2) is 53.7 Å². The maximum absolute atomic E-state index is 10.0. The third-order valence-electron chi connectivity index (χ3n) is 3.21. The summed E-state index contributed by atoms with van der Waals surface area (Å²) >= 11 is 1.46. The Balaban J connectivity index is 1.49. The van der Waals surface area contributed by atoms with Crippen LogP contribution in [0.25, 0.3) is 11.0 Å². The van der Waals surface area contributed by atoms with E-state index in [0.29, 0.717) is 17.1 Å². The lowest BCUT2D eigenvalue weighted by Crippen LogP contribution is -2.20. The lowest BCUT2D eigenvalue weighted by molar-refractivity contribution is 0.126. The van der Waals surface area contributed by atoms with Crippen molar-refractivity contribution < 1.29 is 9.84 Å². The fourth-order valence-corrected chi connectivity index (χ4v) is 2.83. The number of para-hydroxylation sites is 2. The summed E-state index contributed by atoms with van der Waals surface area (Å²) in [5, 5.41) is 19.5. The second kappa shape index (κ2) is 7.18. The predicted molar refractivity (Wildman–Crippen MR) is 89.5 cm³/mol. The van der Waals surface area contributed by atoms with Crippen molar-refractivity contribution in [1.82, 2.24) is 9.97 Å². The third-order valence-corrected chi connectivity index (χ3v) is 4.22. The number of aromatic nitrogens is 2. The van der Waals surface area contributed by atoms with Gasteiger partial charge in [-0.25, -0.2) is 4.98 Å². The van der Waals surface area contributed by atoms with Gasteiger partial charge in [0.15, 0.2) is 5.16 Å². The maximum atomic E-state index is 10.0. The first kappa shape index (κ1) is 15.4. The topological polar surface area (TPSA) is 81.9 Å². The molecule has 5 nitrogen and oxygen atoms in total. The van der Waals surface area contributed by atoms with Crippen LogP contribution in [0.3, 0.4) is 0 Å². The number of nitriles is 1. The van der Waals surface area contributed by atoms with Gasteiger partial charge in [-0.2, -0.15) is 5.26 Å². The molecule has 0 radical (unpaired) electrons. The molecular weight excluding hydrogens is 310 g/mol. The summed E-state index contributed by atoms with van der Waals surface area (Å²) in [5.41, 5.74) is 2.48. The van der Waals surface area contributed by atoms with Crippen LogP contribution in [0.5, 0.6) is 5.75 Å². The van der Waals surface area contributed by atoms with Crippen molar-refractivity contribution >= 4 is 22.8 Å². The van der Waals surface area contributed by atoms with Gasteiger partial charge in [-0.05, 0) is 36.4 Å². The zero-order chi connectivity index (χ0) is 16.1. The molecule has 0 aliphatic heterocycles. The molecule has 23 heavy (non-hydrogen) atoms. The average Bonchev–Trinajstić information content (AvgIpc) is 3.01. The minimum Gasteiger partial charge on any atom is -0.491 e. The molecule has 0 aliphatic carbocycles. The molecule has 0 spiro atoms. The summed E-state index contributed by atoms with van der Waals surface area (Å²) in [4.78, 5) is 7.65. The molecule has 2 aromatic carbocycles. The number of aromatic amines is 1. The van der Waals surface area contributed by atoms with Crippen LogP contribution in [-0.4, -0.2) is 33.5 Å². The molecule has 0 fully saturated rings. The first-order valence-electron chi connectivity index (χ1n) is 7.13. The highest BCUT2D eigenvalue weighted by atomic mass is 32.2. The SMILES string of the molecule is N#Cc1ccc(OCC(O)CSc2nc3ccccc3[nH]2)cc1. The number of imidazole rings is 1. The smallest absolute Gasteiger partial charge is 0.166 e. The van der Waals surface area contributed by atoms with E-state index in [1.54, 1.807) is 24.3 Å². The molecule has 0 aliphatic rings. The van der Waals surface area contributed by atoms with Crippen LogP contribution in [-0.2, 0) is 0 Å². The van der Waals surface area contributed by atoms with Gasteiger partial charge in [0.2, 0.25) is 0 Å². The predicted octanol–water partition coefficient (Wildman–Crippen LogP) is 2.97. The molecule has 0 amide bonds. The largest absolute Gasteiger partial charge is 0.491 e. The highest BCUT2D eigenvalue weighted by Crippen LogP contribution is 2.20. The average molecular weight is 325 g/mol. The molecule has 1 atom stereocenters. The fraction of sp³-hybridized carbons (Fsp3) is 0.176. The monoisotopic (exact) mass is 325 g/mol. The Kier molecular flexibility index (Phi) is 4.81. The van der Waals surface area contributed by atoms with Crippen LogP contribution in [0.1, 0.15) is 5.56 Å². The van der Waals surface area contributed by atoms with Crippen molar-refractivity contribution in [2.75, 3.05) is 12.4 Å². The molecule has 0 saturated carbocycles. The highest BCUT2D eigenvalue weighted by Gasteiger charge is 2.09. The van der Waals surface area contributed by atoms with E-state index in [9.17, 15) is 5.11 Å². The zero-order valence-corrected chi connectivity index (χ0v) is 13.1. The van der Waals surface area contributed by atoms with Gasteiger partial charge in [-0.15, -0.1) is 0 Å². The quantitative estimate of drug-likeness (QED) is 0.681. The number of benzene rings is 2. The molecule has 1 heterocycles. The molecule has 0 saturated heterocycles. The Morgan fingerprint density at radius 1 is 1.22 bits per heavy atom. The van der Waals surface area contributed by atoms with Gasteiger partial charge in [0, 0.05) is 5.75 Å². The summed E-state index contributed by atoms with van der Waals surface area (Å²) in [7, 11) is 0. The first-order chi connectivity index (χ1) is 11.2. The maximum Gasteiger partial charge on any atom is 0.166 e. The van der Waals surface area contributed by atoms with Crippen LogP contribution in [0.2, 0.25) is 0 Å². The lowest BCUT2D eigenvalue weighted by Gasteiger charge is -2.11. The van der Waals surface area contributed by atoms with Crippen LogP contribution >= 0.6 is 11.8 Å². The highest BCUT2D eigenvalue weighted by molar-refractivity contribution is 7.99. The number of rotatable bonds is 6. The number of hydrogen-bond acceptors (Lipinski definition) is 5. The molecule has 1 aromatic heterocycles. The van der Waals surface area contributed by atoms with E-state index in [1.807, 2.05) is 30.3 Å². The molecule has 2 N–H and O–H groups in total. The molecule has 0 bridgehead atoms. The van der Waals surface area contributed by atoms with Gasteiger partial charge < -0.3 is 14.8 Å². The van der Waals surface area contributed by atoms with Crippen molar-refractivity contribution in [1.29, 1.82) is 5.26 Å². The zero-order valence-electron chi connectivity index (χ0n) is 12.3. The number of aliphatic hydroxyl groups excluding tert-OH is 1. The number of nitrogens with zero attached hydrogens (tertiary/aromatic N) is 2. The summed E-state index contributed by atoms with van der Waals surface area (Å²) in [6.07, 6.45) is -0.608. The minimum absolute atomic E-state index is 0.194. The molecule has 3 rings (SSSR count). The standard InChI is InChI=1S/C17H15N3O2S/c18-9-12-5-7-14(8-6-12)22-10-13(21)11-23-17-19-15-3-1-2-4-16(15)20-17/h1-8,13,21H,10-11H2,(H,19,20). The fourth-order valence-electron chi connectivity index (χ4n) is 2.04. The third kappa shape index (κ3) is 4.03. The lowest BCUT2D eigenvalue weighted by atomic mass is 10.2. The summed E-state index contributed by atoms with van der Waals surface area (Å²) in [5.74, 6) is 1.12. The number of aliphatic hydroxyl groups is 1. The van der Waals surface area contributed by atoms with Crippen LogP contribution < -0.4 is 4.74 Å². The summed E-state index contributed by atoms with van der Waals surface area (Å²) in [6, 6.07) is 16.7. The van der Waals surface area contributed by atoms with E-state index in [1.165, 1.54) is 11.8 Å². The van der Waals surface area contributed by atoms with Gasteiger partial charge in [0.1, 0.15) is 12.4 Å². The first-order valence-corrected chi connectivity index (χ1v) is 8.12. The van der Waals surface area contributed by atoms with Crippen LogP contribution in [0.4, 0.5) is 0 Å². The normalized spacial score (nSPS) is 12.0. The number of fused-ring (bicyclic) bond motifs is 1.